The molecule has 0 aliphatic heterocycles. The van der Waals surface area contributed by atoms with Gasteiger partial charge in [0, 0.05) is 23.6 Å². The number of rotatable bonds is 10. The lowest BCUT2D eigenvalue weighted by Gasteiger charge is -2.15. The Hall–Kier alpha value is -3.01. The van der Waals surface area contributed by atoms with Crippen LogP contribution >= 0.6 is 0 Å². The topological polar surface area (TPSA) is 38.7 Å². The number of phenolic OH excluding ortho intramolecular Hbond substituents is 1. The average Bonchev–Trinajstić information content (AvgIpc) is 2.76. The van der Waals surface area contributed by atoms with E-state index in [9.17, 15) is 9.50 Å². The summed E-state index contributed by atoms with van der Waals surface area (Å²) in [5.41, 5.74) is 3.55. The van der Waals surface area contributed by atoms with Crippen molar-refractivity contribution in [3.8, 4) is 28.4 Å². The van der Waals surface area contributed by atoms with Crippen LogP contribution in [0, 0.1) is 11.9 Å². The van der Waals surface area contributed by atoms with E-state index >= 15 is 0 Å². The molecule has 0 aliphatic rings. The fourth-order valence-corrected chi connectivity index (χ4v) is 3.34. The van der Waals surface area contributed by atoms with Crippen LogP contribution in [0.5, 0.6) is 17.2 Å². The zero-order valence-corrected chi connectivity index (χ0v) is 17.6. The molecule has 0 spiro atoms. The lowest BCUT2D eigenvalue weighted by Crippen LogP contribution is -2.07. The maximum atomic E-state index is 13.2. The Bertz CT molecular complexity index is 951. The standard InChI is InChI=1S/C26H28FO3/c1-3-8-21-9-5-6-10-25(21)29-15-7-16-30-26-18-24(28)23(17-19(26)4-2)20-11-13-22(27)14-12-20/h5-6,10-14,17-18,28H,3-4,7-8,15-16H2,1-2H3. The van der Waals surface area contributed by atoms with Crippen molar-refractivity contribution in [1.82, 2.24) is 0 Å². The van der Waals surface area contributed by atoms with Crippen molar-refractivity contribution in [2.75, 3.05) is 13.2 Å². The maximum absolute atomic E-state index is 13.2. The molecule has 3 rings (SSSR count). The van der Waals surface area contributed by atoms with Crippen LogP contribution in [0.3, 0.4) is 0 Å². The molecular weight excluding hydrogens is 379 g/mol. The SMILES string of the molecule is CCCc1[c]cccc1OCCCOc1cc(O)c(-c2ccc(F)cc2)cc1CC. The molecule has 3 nitrogen and oxygen atoms in total. The van der Waals surface area contributed by atoms with Gasteiger partial charge in [0.1, 0.15) is 23.1 Å². The van der Waals surface area contributed by atoms with Crippen molar-refractivity contribution in [3.05, 3.63) is 77.6 Å². The first kappa shape index (κ1) is 21.7. The van der Waals surface area contributed by atoms with Crippen LogP contribution in [0.2, 0.25) is 0 Å². The van der Waals surface area contributed by atoms with Gasteiger partial charge in [-0.25, -0.2) is 4.39 Å². The summed E-state index contributed by atoms with van der Waals surface area (Å²) in [6.45, 7) is 5.22. The number of phenols is 1. The van der Waals surface area contributed by atoms with Gasteiger partial charge in [-0.05, 0) is 54.3 Å². The van der Waals surface area contributed by atoms with Crippen LogP contribution in [0.4, 0.5) is 4.39 Å². The highest BCUT2D eigenvalue weighted by Gasteiger charge is 2.12. The van der Waals surface area contributed by atoms with Crippen molar-refractivity contribution in [2.24, 2.45) is 0 Å². The lowest BCUT2D eigenvalue weighted by atomic mass is 10.00. The fourth-order valence-electron chi connectivity index (χ4n) is 3.34. The second-order valence-electron chi connectivity index (χ2n) is 7.15. The van der Waals surface area contributed by atoms with Crippen molar-refractivity contribution < 1.29 is 19.0 Å². The van der Waals surface area contributed by atoms with Crippen molar-refractivity contribution >= 4 is 0 Å². The monoisotopic (exact) mass is 407 g/mol. The summed E-state index contributed by atoms with van der Waals surface area (Å²) < 4.78 is 25.0. The van der Waals surface area contributed by atoms with Crippen molar-refractivity contribution in [3.63, 3.8) is 0 Å². The van der Waals surface area contributed by atoms with E-state index in [0.29, 0.717) is 24.5 Å². The molecule has 0 saturated carbocycles. The molecule has 0 aliphatic carbocycles. The number of aromatic hydroxyl groups is 1. The number of benzene rings is 3. The highest BCUT2D eigenvalue weighted by molar-refractivity contribution is 5.72. The van der Waals surface area contributed by atoms with Gasteiger partial charge in [-0.3, -0.25) is 0 Å². The van der Waals surface area contributed by atoms with E-state index in [-0.39, 0.29) is 11.6 Å². The first-order valence-electron chi connectivity index (χ1n) is 10.5. The van der Waals surface area contributed by atoms with Gasteiger partial charge in [-0.1, -0.05) is 44.5 Å². The van der Waals surface area contributed by atoms with Crippen LogP contribution in [0.25, 0.3) is 11.1 Å². The van der Waals surface area contributed by atoms with E-state index in [2.05, 4.69) is 13.0 Å². The minimum atomic E-state index is -0.300. The Kier molecular flexibility index (Phi) is 7.72. The van der Waals surface area contributed by atoms with Crippen molar-refractivity contribution in [2.45, 2.75) is 39.5 Å². The summed E-state index contributed by atoms with van der Waals surface area (Å²) in [7, 11) is 0. The summed E-state index contributed by atoms with van der Waals surface area (Å²) in [5, 5.41) is 10.5. The van der Waals surface area contributed by atoms with E-state index in [1.54, 1.807) is 18.2 Å². The molecule has 0 fully saturated rings. The summed E-state index contributed by atoms with van der Waals surface area (Å²) in [6.07, 6.45) is 3.49. The predicted octanol–water partition coefficient (Wildman–Crippen LogP) is 6.36. The Morgan fingerprint density at radius 3 is 2.40 bits per heavy atom. The minimum Gasteiger partial charge on any atom is -0.507 e. The van der Waals surface area contributed by atoms with Gasteiger partial charge in [0.15, 0.2) is 0 Å². The smallest absolute Gasteiger partial charge is 0.127 e. The van der Waals surface area contributed by atoms with Gasteiger partial charge in [-0.2, -0.15) is 0 Å². The van der Waals surface area contributed by atoms with Gasteiger partial charge in [-0.15, -0.1) is 0 Å². The first-order chi connectivity index (χ1) is 14.6. The minimum absolute atomic E-state index is 0.120. The van der Waals surface area contributed by atoms with Gasteiger partial charge < -0.3 is 14.6 Å². The van der Waals surface area contributed by atoms with Gasteiger partial charge >= 0.3 is 0 Å². The summed E-state index contributed by atoms with van der Waals surface area (Å²) in [6, 6.07) is 18.7. The van der Waals surface area contributed by atoms with Crippen LogP contribution in [0.1, 0.15) is 37.8 Å². The van der Waals surface area contributed by atoms with Crippen LogP contribution in [-0.2, 0) is 12.8 Å². The molecule has 30 heavy (non-hydrogen) atoms. The van der Waals surface area contributed by atoms with Crippen LogP contribution in [0.15, 0.2) is 54.6 Å². The molecule has 3 aromatic carbocycles. The number of aryl methyl sites for hydroxylation is 2. The molecule has 0 atom stereocenters. The highest BCUT2D eigenvalue weighted by atomic mass is 19.1. The Morgan fingerprint density at radius 2 is 1.70 bits per heavy atom. The molecule has 0 aromatic heterocycles. The molecule has 1 radical (unpaired) electrons. The molecule has 4 heteroatoms. The Balaban J connectivity index is 1.59. The average molecular weight is 408 g/mol. The van der Waals surface area contributed by atoms with E-state index in [1.165, 1.54) is 12.1 Å². The molecule has 0 unspecified atom stereocenters. The molecular formula is C26H28FO3. The van der Waals surface area contributed by atoms with E-state index in [4.69, 9.17) is 9.47 Å². The van der Waals surface area contributed by atoms with Crippen LogP contribution in [-0.4, -0.2) is 18.3 Å². The normalized spacial score (nSPS) is 10.8. The number of halogens is 1. The molecule has 0 bridgehead atoms. The summed E-state index contributed by atoms with van der Waals surface area (Å²) in [4.78, 5) is 0. The first-order valence-corrected chi connectivity index (χ1v) is 10.5. The Morgan fingerprint density at radius 1 is 0.967 bits per heavy atom. The highest BCUT2D eigenvalue weighted by Crippen LogP contribution is 2.36. The zero-order chi connectivity index (χ0) is 21.3. The molecule has 0 saturated heterocycles. The molecule has 0 heterocycles. The lowest BCUT2D eigenvalue weighted by molar-refractivity contribution is 0.244. The number of hydrogen-bond donors (Lipinski definition) is 1. The third-order valence-electron chi connectivity index (χ3n) is 4.92. The molecule has 3 aromatic rings. The third-order valence-corrected chi connectivity index (χ3v) is 4.92. The summed E-state index contributed by atoms with van der Waals surface area (Å²) >= 11 is 0. The predicted molar refractivity (Wildman–Crippen MR) is 118 cm³/mol. The Labute approximate surface area is 178 Å². The summed E-state index contributed by atoms with van der Waals surface area (Å²) in [5.74, 6) is 1.37. The quantitative estimate of drug-likeness (QED) is 0.397. The second-order valence-corrected chi connectivity index (χ2v) is 7.15. The van der Waals surface area contributed by atoms with Gasteiger partial charge in [0.2, 0.25) is 0 Å². The number of ether oxygens (including phenoxy) is 2. The van der Waals surface area contributed by atoms with Gasteiger partial charge in [0.05, 0.1) is 13.2 Å². The third kappa shape index (κ3) is 5.53. The molecule has 0 amide bonds. The second kappa shape index (κ2) is 10.7. The van der Waals surface area contributed by atoms with E-state index in [0.717, 1.165) is 48.1 Å². The van der Waals surface area contributed by atoms with E-state index < -0.39 is 0 Å². The zero-order valence-electron chi connectivity index (χ0n) is 17.6. The maximum Gasteiger partial charge on any atom is 0.127 e. The van der Waals surface area contributed by atoms with Crippen molar-refractivity contribution in [1.29, 1.82) is 0 Å². The molecule has 157 valence electrons. The number of hydrogen-bond acceptors (Lipinski definition) is 3. The van der Waals surface area contributed by atoms with Gasteiger partial charge in [0.25, 0.3) is 0 Å². The largest absolute Gasteiger partial charge is 0.507 e. The molecule has 1 N–H and O–H groups in total. The van der Waals surface area contributed by atoms with Crippen LogP contribution < -0.4 is 9.47 Å². The fraction of sp³-hybridized carbons (Fsp3) is 0.308. The van der Waals surface area contributed by atoms with E-state index in [1.807, 2.05) is 31.2 Å².